The molecule has 0 spiro atoms. The number of hydrogen-bond donors (Lipinski definition) is 4. The lowest BCUT2D eigenvalue weighted by atomic mass is 10.2. The summed E-state index contributed by atoms with van der Waals surface area (Å²) in [6.45, 7) is 0. The van der Waals surface area contributed by atoms with Crippen LogP contribution in [0.3, 0.4) is 0 Å². The van der Waals surface area contributed by atoms with Crippen molar-refractivity contribution in [3.05, 3.63) is 58.6 Å². The van der Waals surface area contributed by atoms with E-state index in [1.807, 2.05) is 24.3 Å². The van der Waals surface area contributed by atoms with Crippen LogP contribution >= 0.6 is 35.1 Å². The van der Waals surface area contributed by atoms with Gasteiger partial charge in [0.15, 0.2) is 10.3 Å². The topological polar surface area (TPSA) is 109 Å². The van der Waals surface area contributed by atoms with Crippen LogP contribution in [0.2, 0.25) is 5.02 Å². The van der Waals surface area contributed by atoms with Crippen molar-refractivity contribution < 1.29 is 4.74 Å². The molecule has 0 heterocycles. The van der Waals surface area contributed by atoms with Crippen molar-refractivity contribution in [2.45, 2.75) is 11.5 Å². The Labute approximate surface area is 154 Å². The third kappa shape index (κ3) is 5.67. The molecule has 0 radical (unpaired) electrons. The molecule has 0 aliphatic carbocycles. The van der Waals surface area contributed by atoms with Gasteiger partial charge in [-0.25, -0.2) is 0 Å². The molecule has 0 aromatic heterocycles. The summed E-state index contributed by atoms with van der Waals surface area (Å²) in [6, 6.07) is 13.0. The van der Waals surface area contributed by atoms with Gasteiger partial charge in [-0.05, 0) is 24.3 Å². The normalized spacial score (nSPS) is 10.4. The van der Waals surface area contributed by atoms with Crippen LogP contribution in [0.4, 0.5) is 0 Å². The Morgan fingerprint density at radius 2 is 1.50 bits per heavy atom. The molecule has 8 heteroatoms. The highest BCUT2D eigenvalue weighted by Gasteiger charge is 2.10. The third-order valence-electron chi connectivity index (χ3n) is 2.98. The van der Waals surface area contributed by atoms with E-state index in [2.05, 4.69) is 0 Å². The number of nitrogens with one attached hydrogen (secondary N) is 2. The average Bonchev–Trinajstić information content (AvgIpc) is 2.54. The van der Waals surface area contributed by atoms with E-state index < -0.39 is 0 Å². The molecular formula is C16H17ClN4OS2. The van der Waals surface area contributed by atoms with Crippen molar-refractivity contribution in [2.75, 3.05) is 0 Å². The Morgan fingerprint density at radius 3 is 2.17 bits per heavy atom. The van der Waals surface area contributed by atoms with Crippen LogP contribution in [-0.2, 0) is 11.5 Å². The van der Waals surface area contributed by atoms with Gasteiger partial charge in [-0.3, -0.25) is 10.8 Å². The molecule has 0 amide bonds. The Balaban J connectivity index is 2.24. The van der Waals surface area contributed by atoms with Crippen molar-refractivity contribution >= 4 is 45.5 Å². The Bertz CT molecular complexity index is 755. The van der Waals surface area contributed by atoms with Gasteiger partial charge in [0, 0.05) is 27.7 Å². The van der Waals surface area contributed by atoms with E-state index >= 15 is 0 Å². The predicted molar refractivity (Wildman–Crippen MR) is 104 cm³/mol. The minimum absolute atomic E-state index is 0.0409. The first kappa shape index (κ1) is 18.5. The fourth-order valence-corrected chi connectivity index (χ4v) is 3.19. The summed E-state index contributed by atoms with van der Waals surface area (Å²) in [4.78, 5) is 0. The van der Waals surface area contributed by atoms with Gasteiger partial charge in [-0.1, -0.05) is 53.3 Å². The van der Waals surface area contributed by atoms with Crippen molar-refractivity contribution in [1.29, 1.82) is 10.8 Å². The molecule has 0 aliphatic rings. The highest BCUT2D eigenvalue weighted by atomic mass is 35.5. The number of halogens is 1. The summed E-state index contributed by atoms with van der Waals surface area (Å²) in [5.41, 5.74) is 12.6. The van der Waals surface area contributed by atoms with Gasteiger partial charge in [0.05, 0.1) is 0 Å². The zero-order valence-electron chi connectivity index (χ0n) is 12.7. The minimum Gasteiger partial charge on any atom is -0.457 e. The van der Waals surface area contributed by atoms with Crippen molar-refractivity contribution in [3.8, 4) is 11.5 Å². The molecule has 0 bridgehead atoms. The zero-order chi connectivity index (χ0) is 17.5. The van der Waals surface area contributed by atoms with E-state index in [4.69, 9.17) is 38.6 Å². The van der Waals surface area contributed by atoms with Crippen LogP contribution in [0.25, 0.3) is 0 Å². The number of amidine groups is 2. The number of rotatable bonds is 6. The van der Waals surface area contributed by atoms with E-state index in [1.165, 1.54) is 23.5 Å². The number of hydrogen-bond acceptors (Lipinski definition) is 5. The maximum absolute atomic E-state index is 7.35. The second-order valence-corrected chi connectivity index (χ2v) is 7.24. The number of benzene rings is 2. The van der Waals surface area contributed by atoms with Gasteiger partial charge in [-0.2, -0.15) is 0 Å². The number of ether oxygens (including phenoxy) is 1. The van der Waals surface area contributed by atoms with Gasteiger partial charge in [0.2, 0.25) is 0 Å². The molecule has 2 aromatic carbocycles. The van der Waals surface area contributed by atoms with E-state index in [-0.39, 0.29) is 10.3 Å². The zero-order valence-corrected chi connectivity index (χ0v) is 15.1. The van der Waals surface area contributed by atoms with Crippen LogP contribution in [0.15, 0.2) is 42.5 Å². The fourth-order valence-electron chi connectivity index (χ4n) is 1.91. The van der Waals surface area contributed by atoms with Crippen LogP contribution in [0, 0.1) is 10.8 Å². The second kappa shape index (κ2) is 8.86. The molecule has 0 aliphatic heterocycles. The van der Waals surface area contributed by atoms with Crippen LogP contribution in [0.1, 0.15) is 11.1 Å². The molecule has 5 nitrogen and oxygen atoms in total. The van der Waals surface area contributed by atoms with Crippen LogP contribution in [-0.4, -0.2) is 10.3 Å². The van der Waals surface area contributed by atoms with Gasteiger partial charge in [-0.15, -0.1) is 0 Å². The van der Waals surface area contributed by atoms with E-state index in [0.29, 0.717) is 28.0 Å². The van der Waals surface area contributed by atoms with Crippen molar-refractivity contribution in [1.82, 2.24) is 0 Å². The first-order chi connectivity index (χ1) is 11.5. The molecule has 126 valence electrons. The Morgan fingerprint density at radius 1 is 0.917 bits per heavy atom. The lowest BCUT2D eigenvalue weighted by Gasteiger charge is -2.14. The molecule has 2 aromatic rings. The first-order valence-corrected chi connectivity index (χ1v) is 9.28. The molecule has 0 saturated carbocycles. The maximum Gasteiger partial charge on any atom is 0.151 e. The van der Waals surface area contributed by atoms with Crippen molar-refractivity contribution in [2.24, 2.45) is 11.5 Å². The molecule has 0 atom stereocenters. The molecule has 6 N–H and O–H groups in total. The van der Waals surface area contributed by atoms with Gasteiger partial charge >= 0.3 is 0 Å². The van der Waals surface area contributed by atoms with Gasteiger partial charge in [0.1, 0.15) is 11.5 Å². The molecule has 0 saturated heterocycles. The van der Waals surface area contributed by atoms with E-state index in [9.17, 15) is 0 Å². The Kier molecular flexibility index (Phi) is 6.84. The predicted octanol–water partition coefficient (Wildman–Crippen LogP) is 4.39. The summed E-state index contributed by atoms with van der Waals surface area (Å²) in [7, 11) is 0. The highest BCUT2D eigenvalue weighted by Crippen LogP contribution is 2.33. The lowest BCUT2D eigenvalue weighted by molar-refractivity contribution is 0.474. The lowest BCUT2D eigenvalue weighted by Crippen LogP contribution is -2.05. The average molecular weight is 381 g/mol. The van der Waals surface area contributed by atoms with Crippen molar-refractivity contribution in [3.63, 3.8) is 0 Å². The van der Waals surface area contributed by atoms with Crippen LogP contribution in [0.5, 0.6) is 11.5 Å². The first-order valence-electron chi connectivity index (χ1n) is 6.93. The summed E-state index contributed by atoms with van der Waals surface area (Å²) >= 11 is 8.51. The number of para-hydroxylation sites is 1. The SMILES string of the molecule is N=C(N)SCc1ccccc1Oc1ccc(Cl)cc1CSC(=N)N. The summed E-state index contributed by atoms with van der Waals surface area (Å²) in [6.07, 6.45) is 0. The molecule has 0 unspecified atom stereocenters. The number of nitrogens with two attached hydrogens (primary N) is 2. The summed E-state index contributed by atoms with van der Waals surface area (Å²) in [5.74, 6) is 2.41. The fraction of sp³-hybridized carbons (Fsp3) is 0.125. The molecular weight excluding hydrogens is 364 g/mol. The quantitative estimate of drug-likeness (QED) is 0.439. The van der Waals surface area contributed by atoms with Crippen LogP contribution < -0.4 is 16.2 Å². The third-order valence-corrected chi connectivity index (χ3v) is 4.75. The smallest absolute Gasteiger partial charge is 0.151 e. The molecule has 0 fully saturated rings. The van der Waals surface area contributed by atoms with E-state index in [0.717, 1.165) is 11.1 Å². The minimum atomic E-state index is 0.0409. The van der Waals surface area contributed by atoms with Gasteiger partial charge < -0.3 is 16.2 Å². The number of thioether (sulfide) groups is 2. The summed E-state index contributed by atoms with van der Waals surface area (Å²) in [5, 5.41) is 15.4. The highest BCUT2D eigenvalue weighted by molar-refractivity contribution is 8.13. The summed E-state index contributed by atoms with van der Waals surface area (Å²) < 4.78 is 6.05. The molecule has 24 heavy (non-hydrogen) atoms. The van der Waals surface area contributed by atoms with Gasteiger partial charge in [0.25, 0.3) is 0 Å². The monoisotopic (exact) mass is 380 g/mol. The largest absolute Gasteiger partial charge is 0.457 e. The molecule has 2 rings (SSSR count). The Hall–Kier alpha value is -1.83. The maximum atomic E-state index is 7.35. The second-order valence-electron chi connectivity index (χ2n) is 4.77. The van der Waals surface area contributed by atoms with E-state index in [1.54, 1.807) is 18.2 Å². The standard InChI is InChI=1S/C16H17ClN4OS2/c17-12-5-6-14(11(7-12)9-24-16(20)21)22-13-4-2-1-3-10(13)8-23-15(18)19/h1-7H,8-9H2,(H3,18,19)(H3,20,21).